The molecule has 0 bridgehead atoms. The Bertz CT molecular complexity index is 1170. The van der Waals surface area contributed by atoms with Crippen LogP contribution in [0.5, 0.6) is 10.9 Å². The highest BCUT2D eigenvalue weighted by atomic mass is 32.1. The number of halogens is 1. The number of hydrogen-bond donors (Lipinski definition) is 1. The van der Waals surface area contributed by atoms with Crippen molar-refractivity contribution in [3.63, 3.8) is 0 Å². The molecule has 162 valence electrons. The van der Waals surface area contributed by atoms with Crippen LogP contribution >= 0.6 is 11.5 Å². The van der Waals surface area contributed by atoms with Crippen LogP contribution < -0.4 is 10.1 Å². The van der Waals surface area contributed by atoms with Gasteiger partial charge in [0.1, 0.15) is 11.6 Å². The van der Waals surface area contributed by atoms with Crippen LogP contribution in [0.4, 0.5) is 4.39 Å². The Labute approximate surface area is 190 Å². The van der Waals surface area contributed by atoms with E-state index in [1.54, 1.807) is 12.1 Å². The molecule has 4 aromatic rings. The molecule has 0 aliphatic carbocycles. The lowest BCUT2D eigenvalue weighted by atomic mass is 10.1. The van der Waals surface area contributed by atoms with Crippen LogP contribution in [-0.4, -0.2) is 15.3 Å². The first-order valence-corrected chi connectivity index (χ1v) is 11.0. The van der Waals surface area contributed by atoms with Gasteiger partial charge in [0.2, 0.25) is 5.91 Å². The van der Waals surface area contributed by atoms with Gasteiger partial charge in [-0.15, -0.1) is 0 Å². The molecular formula is C25H22FN3O2S. The Kier molecular flexibility index (Phi) is 6.87. The maximum atomic E-state index is 12.9. The van der Waals surface area contributed by atoms with Gasteiger partial charge in [-0.3, -0.25) is 4.79 Å². The summed E-state index contributed by atoms with van der Waals surface area (Å²) >= 11 is 1.22. The van der Waals surface area contributed by atoms with Crippen molar-refractivity contribution in [3.05, 3.63) is 107 Å². The van der Waals surface area contributed by atoms with E-state index in [4.69, 9.17) is 4.74 Å². The molecule has 1 heterocycles. The molecule has 1 amide bonds. The second-order valence-electron chi connectivity index (χ2n) is 7.46. The fraction of sp³-hybridized carbons (Fsp3) is 0.160. The molecule has 1 N–H and O–H groups in total. The Balaban J connectivity index is 1.27. The van der Waals surface area contributed by atoms with E-state index in [-0.39, 0.29) is 18.1 Å². The van der Waals surface area contributed by atoms with Crippen LogP contribution in [0.1, 0.15) is 28.1 Å². The predicted molar refractivity (Wildman–Crippen MR) is 122 cm³/mol. The van der Waals surface area contributed by atoms with E-state index in [0.717, 1.165) is 22.5 Å². The lowest BCUT2D eigenvalue weighted by molar-refractivity contribution is -0.120. The second-order valence-corrected chi connectivity index (χ2v) is 8.18. The third-order valence-corrected chi connectivity index (χ3v) is 5.46. The largest absolute Gasteiger partial charge is 0.430 e. The minimum atomic E-state index is -0.293. The van der Waals surface area contributed by atoms with Crippen LogP contribution in [-0.2, 0) is 24.2 Å². The summed E-state index contributed by atoms with van der Waals surface area (Å²) in [5.74, 6) is 0.966. The van der Waals surface area contributed by atoms with Crippen molar-refractivity contribution in [2.45, 2.75) is 26.3 Å². The molecule has 0 spiro atoms. The van der Waals surface area contributed by atoms with Crippen molar-refractivity contribution in [1.82, 2.24) is 14.7 Å². The highest BCUT2D eigenvalue weighted by Gasteiger charge is 2.09. The maximum absolute atomic E-state index is 12.9. The SMILES string of the molecule is Cc1ccc(Cc2nsc(Oc3ccc(CC(=O)NCc4ccc(F)cc4)cc3)n2)cc1. The van der Waals surface area contributed by atoms with Crippen molar-refractivity contribution >= 4 is 17.4 Å². The zero-order valence-corrected chi connectivity index (χ0v) is 18.4. The van der Waals surface area contributed by atoms with Gasteiger partial charge >= 0.3 is 0 Å². The number of nitrogens with zero attached hydrogens (tertiary/aromatic N) is 2. The van der Waals surface area contributed by atoms with E-state index >= 15 is 0 Å². The normalized spacial score (nSPS) is 10.7. The van der Waals surface area contributed by atoms with Crippen LogP contribution in [0.2, 0.25) is 0 Å². The van der Waals surface area contributed by atoms with Crippen molar-refractivity contribution < 1.29 is 13.9 Å². The van der Waals surface area contributed by atoms with E-state index in [2.05, 4.69) is 45.9 Å². The molecule has 0 unspecified atom stereocenters. The average Bonchev–Trinajstić information content (AvgIpc) is 3.23. The third-order valence-electron chi connectivity index (χ3n) is 4.83. The molecule has 7 heteroatoms. The Morgan fingerprint density at radius 3 is 2.31 bits per heavy atom. The zero-order valence-electron chi connectivity index (χ0n) is 17.5. The number of ether oxygens (including phenoxy) is 1. The van der Waals surface area contributed by atoms with Crippen molar-refractivity contribution in [2.24, 2.45) is 0 Å². The summed E-state index contributed by atoms with van der Waals surface area (Å²) in [6.45, 7) is 2.42. The van der Waals surface area contributed by atoms with E-state index < -0.39 is 0 Å². The lowest BCUT2D eigenvalue weighted by Gasteiger charge is -2.06. The summed E-state index contributed by atoms with van der Waals surface area (Å²) in [4.78, 5) is 16.6. The number of benzene rings is 3. The maximum Gasteiger partial charge on any atom is 0.298 e. The third kappa shape index (κ3) is 6.21. The lowest BCUT2D eigenvalue weighted by Crippen LogP contribution is -2.24. The molecular weight excluding hydrogens is 425 g/mol. The number of hydrogen-bond acceptors (Lipinski definition) is 5. The summed E-state index contributed by atoms with van der Waals surface area (Å²) in [5, 5.41) is 3.32. The zero-order chi connectivity index (χ0) is 22.3. The molecule has 5 nitrogen and oxygen atoms in total. The summed E-state index contributed by atoms with van der Waals surface area (Å²) in [6, 6.07) is 21.7. The first kappa shape index (κ1) is 21.6. The molecule has 0 saturated carbocycles. The minimum absolute atomic E-state index is 0.104. The van der Waals surface area contributed by atoms with Gasteiger partial charge in [0.05, 0.1) is 6.42 Å². The number of carbonyl (C=O) groups excluding carboxylic acids is 1. The van der Waals surface area contributed by atoms with Gasteiger partial charge in [-0.25, -0.2) is 4.39 Å². The van der Waals surface area contributed by atoms with Gasteiger partial charge in [-0.2, -0.15) is 9.36 Å². The molecule has 0 radical (unpaired) electrons. The minimum Gasteiger partial charge on any atom is -0.430 e. The number of amides is 1. The molecule has 3 aromatic carbocycles. The summed E-state index contributed by atoms with van der Waals surface area (Å²) in [5.41, 5.74) is 4.09. The van der Waals surface area contributed by atoms with Gasteiger partial charge in [0.15, 0.2) is 5.82 Å². The molecule has 0 fully saturated rings. The standard InChI is InChI=1S/C25H22FN3O2S/c1-17-2-4-18(5-3-17)14-23-28-25(32-29-23)31-22-12-8-19(9-13-22)15-24(30)27-16-20-6-10-21(26)11-7-20/h2-13H,14-16H2,1H3,(H,27,30). The summed E-state index contributed by atoms with van der Waals surface area (Å²) in [7, 11) is 0. The van der Waals surface area contributed by atoms with Gasteiger partial charge in [0.25, 0.3) is 5.19 Å². The summed E-state index contributed by atoms with van der Waals surface area (Å²) in [6.07, 6.45) is 0.910. The van der Waals surface area contributed by atoms with Crippen molar-refractivity contribution in [2.75, 3.05) is 0 Å². The van der Waals surface area contributed by atoms with Crippen LogP contribution in [0.15, 0.2) is 72.8 Å². The van der Waals surface area contributed by atoms with Gasteiger partial charge in [-0.05, 0) is 47.9 Å². The van der Waals surface area contributed by atoms with Crippen LogP contribution in [0, 0.1) is 12.7 Å². The highest BCUT2D eigenvalue weighted by Crippen LogP contribution is 2.24. The molecule has 1 aromatic heterocycles. The fourth-order valence-corrected chi connectivity index (χ4v) is 3.64. The molecule has 0 atom stereocenters. The highest BCUT2D eigenvalue weighted by molar-refractivity contribution is 7.07. The van der Waals surface area contributed by atoms with Crippen LogP contribution in [0.3, 0.4) is 0 Å². The smallest absolute Gasteiger partial charge is 0.298 e. The van der Waals surface area contributed by atoms with E-state index in [9.17, 15) is 9.18 Å². The fourth-order valence-electron chi connectivity index (χ4n) is 3.07. The number of carbonyl (C=O) groups is 1. The van der Waals surface area contributed by atoms with Crippen LogP contribution in [0.25, 0.3) is 0 Å². The number of aryl methyl sites for hydroxylation is 1. The number of aromatic nitrogens is 2. The van der Waals surface area contributed by atoms with E-state index in [0.29, 0.717) is 23.9 Å². The monoisotopic (exact) mass is 447 g/mol. The molecule has 0 aliphatic rings. The predicted octanol–water partition coefficient (Wildman–Crippen LogP) is 5.23. The first-order chi connectivity index (χ1) is 15.5. The van der Waals surface area contributed by atoms with Crippen molar-refractivity contribution in [1.29, 1.82) is 0 Å². The number of nitrogens with one attached hydrogen (secondary N) is 1. The van der Waals surface area contributed by atoms with E-state index in [1.807, 2.05) is 24.3 Å². The topological polar surface area (TPSA) is 64.1 Å². The average molecular weight is 448 g/mol. The molecule has 4 rings (SSSR count). The summed E-state index contributed by atoms with van der Waals surface area (Å²) < 4.78 is 23.1. The Morgan fingerprint density at radius 2 is 1.59 bits per heavy atom. The van der Waals surface area contributed by atoms with Gasteiger partial charge < -0.3 is 10.1 Å². The Hall–Kier alpha value is -3.58. The number of rotatable bonds is 8. The van der Waals surface area contributed by atoms with Gasteiger partial charge in [0, 0.05) is 24.5 Å². The molecule has 32 heavy (non-hydrogen) atoms. The Morgan fingerprint density at radius 1 is 0.938 bits per heavy atom. The molecule has 0 saturated heterocycles. The van der Waals surface area contributed by atoms with Crippen molar-refractivity contribution in [3.8, 4) is 10.9 Å². The molecule has 0 aliphatic heterocycles. The van der Waals surface area contributed by atoms with Gasteiger partial charge in [-0.1, -0.05) is 54.1 Å². The van der Waals surface area contributed by atoms with E-state index in [1.165, 1.54) is 29.2 Å². The quantitative estimate of drug-likeness (QED) is 0.402. The first-order valence-electron chi connectivity index (χ1n) is 10.2. The second kappa shape index (κ2) is 10.2.